The highest BCUT2D eigenvalue weighted by atomic mass is 35.6. The summed E-state index contributed by atoms with van der Waals surface area (Å²) in [7, 11) is 0. The van der Waals surface area contributed by atoms with Crippen molar-refractivity contribution < 1.29 is 0 Å². The van der Waals surface area contributed by atoms with E-state index in [1.165, 1.54) is 10.8 Å². The maximum absolute atomic E-state index is 6.17. The quantitative estimate of drug-likeness (QED) is 0.355. The Balaban J connectivity index is 2.69. The van der Waals surface area contributed by atoms with Gasteiger partial charge in [-0.3, -0.25) is 5.01 Å². The third kappa shape index (κ3) is 4.49. The Kier molecular flexibility index (Phi) is 6.96. The molecule has 0 aromatic heterocycles. The fraction of sp³-hybridized carbons (Fsp3) is 0.900. The number of nitrogens with zero attached hydrogens (tertiary/aromatic N) is 3. The molecule has 0 bridgehead atoms. The zero-order valence-corrected chi connectivity index (χ0v) is 14.8. The third-order valence-electron chi connectivity index (χ3n) is 2.77. The summed E-state index contributed by atoms with van der Waals surface area (Å²) in [5.41, 5.74) is 0. The number of halogens is 6. The van der Waals surface area contributed by atoms with Crippen LogP contribution in [-0.4, -0.2) is 36.6 Å². The Morgan fingerprint density at radius 3 is 2.26 bits per heavy atom. The van der Waals surface area contributed by atoms with Crippen LogP contribution < -0.4 is 0 Å². The van der Waals surface area contributed by atoms with Crippen LogP contribution in [0.2, 0.25) is 0 Å². The van der Waals surface area contributed by atoms with Crippen LogP contribution in [0.1, 0.15) is 32.6 Å². The number of hydrazone groups is 1. The zero-order valence-electron chi connectivity index (χ0n) is 10.3. The minimum Gasteiger partial charge on any atom is -0.268 e. The Morgan fingerprint density at radius 1 is 1.11 bits per heavy atom. The Labute approximate surface area is 143 Å². The average Bonchev–Trinajstić information content (AvgIpc) is 2.65. The normalized spacial score (nSPS) is 20.5. The number of alkyl halides is 5. The van der Waals surface area contributed by atoms with Crippen LogP contribution in [0.3, 0.4) is 0 Å². The first-order valence-corrected chi connectivity index (χ1v) is 8.14. The first-order chi connectivity index (χ1) is 8.71. The largest absolute Gasteiger partial charge is 0.268 e. The van der Waals surface area contributed by atoms with Gasteiger partial charge in [0.25, 0.3) is 0 Å². The highest BCUT2D eigenvalue weighted by Gasteiger charge is 2.57. The monoisotopic (exact) mass is 387 g/mol. The van der Waals surface area contributed by atoms with Crippen molar-refractivity contribution in [3.63, 3.8) is 0 Å². The molecule has 1 rings (SSSR count). The van der Waals surface area contributed by atoms with E-state index in [2.05, 4.69) is 12.0 Å². The maximum atomic E-state index is 6.17. The van der Waals surface area contributed by atoms with Crippen LogP contribution >= 0.6 is 69.8 Å². The van der Waals surface area contributed by atoms with Crippen LogP contribution in [0.25, 0.3) is 0 Å². The summed E-state index contributed by atoms with van der Waals surface area (Å²) in [6, 6.07) is 0. The predicted octanol–water partition coefficient (Wildman–Crippen LogP) is 5.15. The van der Waals surface area contributed by atoms with Crippen LogP contribution in [0.15, 0.2) is 5.10 Å². The smallest absolute Gasteiger partial charge is 0.227 e. The summed E-state index contributed by atoms with van der Waals surface area (Å²) < 4.78 is -2.37. The molecule has 0 aromatic rings. The van der Waals surface area contributed by atoms with E-state index in [4.69, 9.17) is 69.8 Å². The molecule has 0 amide bonds. The van der Waals surface area contributed by atoms with Gasteiger partial charge in [0.05, 0.1) is 0 Å². The van der Waals surface area contributed by atoms with Gasteiger partial charge in [-0.2, -0.15) is 5.10 Å². The molecule has 0 N–H and O–H groups in total. The molecule has 3 nitrogen and oxygen atoms in total. The first kappa shape index (κ1) is 18.1. The summed E-state index contributed by atoms with van der Waals surface area (Å²) in [4.78, 5) is 0. The minimum atomic E-state index is -1.89. The van der Waals surface area contributed by atoms with E-state index in [9.17, 15) is 0 Å². The van der Waals surface area contributed by atoms with Gasteiger partial charge in [-0.05, 0) is 6.42 Å². The second-order valence-corrected chi connectivity index (χ2v) is 8.35. The van der Waals surface area contributed by atoms with Crippen molar-refractivity contribution in [3.05, 3.63) is 0 Å². The van der Waals surface area contributed by atoms with Gasteiger partial charge in [0.1, 0.15) is 6.34 Å². The second-order valence-electron chi connectivity index (χ2n) is 4.29. The number of hydrogen-bond donors (Lipinski definition) is 0. The molecule has 1 aliphatic rings. The van der Waals surface area contributed by atoms with Crippen molar-refractivity contribution in [2.24, 2.45) is 5.10 Å². The Hall–Kier alpha value is 1.01. The van der Waals surface area contributed by atoms with E-state index in [1.807, 2.05) is 0 Å². The van der Waals surface area contributed by atoms with Gasteiger partial charge >= 0.3 is 0 Å². The molecule has 19 heavy (non-hydrogen) atoms. The van der Waals surface area contributed by atoms with Crippen LogP contribution in [0, 0.1) is 0 Å². The van der Waals surface area contributed by atoms with E-state index in [1.54, 1.807) is 5.01 Å². The molecule has 0 radical (unpaired) electrons. The van der Waals surface area contributed by atoms with Gasteiger partial charge in [-0.1, -0.05) is 84.2 Å². The molecule has 0 saturated carbocycles. The van der Waals surface area contributed by atoms with Crippen LogP contribution in [0.4, 0.5) is 0 Å². The van der Waals surface area contributed by atoms with Crippen molar-refractivity contribution in [1.82, 2.24) is 9.43 Å². The van der Waals surface area contributed by atoms with Crippen molar-refractivity contribution in [2.75, 3.05) is 6.54 Å². The van der Waals surface area contributed by atoms with Crippen molar-refractivity contribution >= 4 is 76.1 Å². The molecule has 9 heteroatoms. The fourth-order valence-corrected chi connectivity index (χ4v) is 2.85. The van der Waals surface area contributed by atoms with Gasteiger partial charge in [0.2, 0.25) is 8.13 Å². The van der Waals surface area contributed by atoms with Crippen LogP contribution in [0.5, 0.6) is 0 Å². The molecule has 0 aliphatic carbocycles. The van der Waals surface area contributed by atoms with Gasteiger partial charge < -0.3 is 0 Å². The van der Waals surface area contributed by atoms with Gasteiger partial charge in [-0.25, -0.2) is 4.42 Å². The molecule has 0 fully saturated rings. The lowest BCUT2D eigenvalue weighted by atomic mass is 10.2. The zero-order chi connectivity index (χ0) is 14.7. The summed E-state index contributed by atoms with van der Waals surface area (Å²) in [5.74, 6) is 0. The predicted molar refractivity (Wildman–Crippen MR) is 85.5 cm³/mol. The summed E-state index contributed by atoms with van der Waals surface area (Å²) >= 11 is 35.8. The standard InChI is InChI=1S/C10H15Cl6N3/c1-2-3-4-5-6-19-8(18(16)7-17-19)9(11,12)10(13,14)15/h7-8H,2-6H2,1H3. The van der Waals surface area contributed by atoms with Crippen molar-refractivity contribution in [1.29, 1.82) is 0 Å². The topological polar surface area (TPSA) is 18.8 Å². The molecule has 0 spiro atoms. The highest BCUT2D eigenvalue weighted by molar-refractivity contribution is 6.75. The fourth-order valence-electron chi connectivity index (χ4n) is 1.74. The van der Waals surface area contributed by atoms with E-state index in [0.29, 0.717) is 6.54 Å². The molecular formula is C10H15Cl6N3. The van der Waals surface area contributed by atoms with E-state index in [0.717, 1.165) is 25.7 Å². The number of unbranched alkanes of at least 4 members (excludes halogenated alkanes) is 3. The van der Waals surface area contributed by atoms with E-state index >= 15 is 0 Å². The van der Waals surface area contributed by atoms with E-state index in [-0.39, 0.29) is 0 Å². The molecule has 1 heterocycles. The molecule has 1 aliphatic heterocycles. The SMILES string of the molecule is CCCCCCN1N=CN(Cl)C1C(Cl)(Cl)C(Cl)(Cl)Cl. The maximum Gasteiger partial charge on any atom is 0.227 e. The van der Waals surface area contributed by atoms with Crippen molar-refractivity contribution in [3.8, 4) is 0 Å². The molecule has 0 saturated heterocycles. The minimum absolute atomic E-state index is 0.645. The first-order valence-electron chi connectivity index (χ1n) is 5.91. The molecule has 112 valence electrons. The lowest BCUT2D eigenvalue weighted by molar-refractivity contribution is 0.155. The number of rotatable bonds is 6. The lowest BCUT2D eigenvalue weighted by Crippen LogP contribution is -2.54. The molecule has 1 unspecified atom stereocenters. The molecular weight excluding hydrogens is 375 g/mol. The van der Waals surface area contributed by atoms with Gasteiger partial charge in [0.15, 0.2) is 6.17 Å². The number of hydrogen-bond acceptors (Lipinski definition) is 3. The van der Waals surface area contributed by atoms with Gasteiger partial charge in [-0.15, -0.1) is 0 Å². The van der Waals surface area contributed by atoms with E-state index < -0.39 is 14.3 Å². The van der Waals surface area contributed by atoms with Crippen molar-refractivity contribution in [2.45, 2.75) is 46.9 Å². The Morgan fingerprint density at radius 2 is 1.74 bits per heavy atom. The lowest BCUT2D eigenvalue weighted by Gasteiger charge is -2.39. The molecule has 0 aromatic carbocycles. The summed E-state index contributed by atoms with van der Waals surface area (Å²) in [6.45, 7) is 2.79. The highest BCUT2D eigenvalue weighted by Crippen LogP contribution is 2.51. The molecule has 1 atom stereocenters. The average molecular weight is 390 g/mol. The Bertz CT molecular complexity index is 317. The van der Waals surface area contributed by atoms with Crippen LogP contribution in [-0.2, 0) is 0 Å². The third-order valence-corrected chi connectivity index (χ3v) is 5.47. The van der Waals surface area contributed by atoms with Gasteiger partial charge in [0, 0.05) is 18.3 Å². The summed E-state index contributed by atoms with van der Waals surface area (Å²) in [6.07, 6.45) is 5.01. The second kappa shape index (κ2) is 7.33. The summed E-state index contributed by atoms with van der Waals surface area (Å²) in [5, 5.41) is 5.78.